The van der Waals surface area contributed by atoms with Crippen LogP contribution in [0.25, 0.3) is 0 Å². The number of benzene rings is 1. The molecule has 1 atom stereocenters. The topological polar surface area (TPSA) is 52.9 Å². The van der Waals surface area contributed by atoms with Gasteiger partial charge in [-0.05, 0) is 48.9 Å². The molecule has 0 amide bonds. The molecule has 6 heteroatoms. The van der Waals surface area contributed by atoms with E-state index in [1.165, 1.54) is 5.56 Å². The minimum Gasteiger partial charge on any atom is -0.423 e. The van der Waals surface area contributed by atoms with Gasteiger partial charge in [0.2, 0.25) is 0 Å². The zero-order chi connectivity index (χ0) is 18.8. The summed E-state index contributed by atoms with van der Waals surface area (Å²) in [6.07, 6.45) is 2.56. The Labute approximate surface area is 154 Å². The van der Waals surface area contributed by atoms with Crippen LogP contribution < -0.4 is 5.46 Å². The molecule has 1 unspecified atom stereocenters. The van der Waals surface area contributed by atoms with Crippen LogP contribution in [0.15, 0.2) is 24.3 Å². The van der Waals surface area contributed by atoms with E-state index in [-0.39, 0.29) is 5.04 Å². The molecule has 0 aliphatic carbocycles. The van der Waals surface area contributed by atoms with Crippen LogP contribution >= 0.6 is 0 Å². The van der Waals surface area contributed by atoms with E-state index in [0.29, 0.717) is 17.6 Å². The van der Waals surface area contributed by atoms with Gasteiger partial charge in [-0.25, -0.2) is 0 Å². The fourth-order valence-electron chi connectivity index (χ4n) is 3.13. The molecule has 0 aromatic heterocycles. The summed E-state index contributed by atoms with van der Waals surface area (Å²) in [6.45, 7) is 15.9. The maximum absolute atomic E-state index is 9.22. The van der Waals surface area contributed by atoms with Crippen LogP contribution in [-0.4, -0.2) is 49.6 Å². The average molecular weight is 363 g/mol. The standard InChI is InChI=1S/C19H34BNO3Si/c1-15(16-7-9-17(10-8-16)20(22)23)21-13-11-18(12-14-21)24-25(5,6)19(2,3)4/h7-10,15,18,22-23H,11-14H2,1-6H3. The van der Waals surface area contributed by atoms with Gasteiger partial charge in [0.15, 0.2) is 8.32 Å². The Morgan fingerprint density at radius 1 is 1.12 bits per heavy atom. The second-order valence-corrected chi connectivity index (χ2v) is 13.6. The zero-order valence-corrected chi connectivity index (χ0v) is 17.6. The smallest absolute Gasteiger partial charge is 0.423 e. The second-order valence-electron chi connectivity index (χ2n) is 8.83. The molecule has 4 nitrogen and oxygen atoms in total. The highest BCUT2D eigenvalue weighted by molar-refractivity contribution is 6.74. The monoisotopic (exact) mass is 363 g/mol. The second kappa shape index (κ2) is 7.93. The summed E-state index contributed by atoms with van der Waals surface area (Å²) in [5, 5.41) is 18.7. The van der Waals surface area contributed by atoms with Crippen molar-refractivity contribution in [1.29, 1.82) is 0 Å². The van der Waals surface area contributed by atoms with Crippen molar-refractivity contribution in [2.24, 2.45) is 0 Å². The van der Waals surface area contributed by atoms with E-state index in [9.17, 15) is 10.0 Å². The molecular weight excluding hydrogens is 329 g/mol. The maximum Gasteiger partial charge on any atom is 0.488 e. The van der Waals surface area contributed by atoms with E-state index in [1.807, 2.05) is 12.1 Å². The van der Waals surface area contributed by atoms with Gasteiger partial charge in [-0.2, -0.15) is 0 Å². The van der Waals surface area contributed by atoms with Gasteiger partial charge in [-0.1, -0.05) is 45.0 Å². The minimum absolute atomic E-state index is 0.260. The van der Waals surface area contributed by atoms with Gasteiger partial charge in [-0.3, -0.25) is 4.90 Å². The lowest BCUT2D eigenvalue weighted by atomic mass is 9.80. The first-order chi connectivity index (χ1) is 11.5. The Hall–Kier alpha value is -0.658. The Balaban J connectivity index is 1.91. The van der Waals surface area contributed by atoms with Crippen LogP contribution in [0.5, 0.6) is 0 Å². The van der Waals surface area contributed by atoms with Crippen molar-refractivity contribution in [2.75, 3.05) is 13.1 Å². The lowest BCUT2D eigenvalue weighted by Crippen LogP contribution is -2.47. The van der Waals surface area contributed by atoms with Crippen LogP contribution in [0.4, 0.5) is 0 Å². The average Bonchev–Trinajstić information content (AvgIpc) is 2.53. The SMILES string of the molecule is CC(c1ccc(B(O)O)cc1)N1CCC(O[Si](C)(C)C(C)(C)C)CC1. The first kappa shape index (κ1) is 20.7. The molecule has 1 saturated heterocycles. The summed E-state index contributed by atoms with van der Waals surface area (Å²) in [4.78, 5) is 2.50. The highest BCUT2D eigenvalue weighted by Crippen LogP contribution is 2.38. The number of rotatable bonds is 5. The minimum atomic E-state index is -1.69. The van der Waals surface area contributed by atoms with Gasteiger partial charge in [0.25, 0.3) is 0 Å². The van der Waals surface area contributed by atoms with Crippen LogP contribution in [0, 0.1) is 0 Å². The molecule has 1 heterocycles. The first-order valence-corrected chi connectivity index (χ1v) is 12.3. The van der Waals surface area contributed by atoms with Gasteiger partial charge in [0.1, 0.15) is 0 Å². The predicted molar refractivity (Wildman–Crippen MR) is 108 cm³/mol. The predicted octanol–water partition coefficient (Wildman–Crippen LogP) is 2.91. The Morgan fingerprint density at radius 2 is 1.64 bits per heavy atom. The summed E-state index contributed by atoms with van der Waals surface area (Å²) in [6, 6.07) is 7.92. The van der Waals surface area contributed by atoms with Crippen LogP contribution in [0.3, 0.4) is 0 Å². The third-order valence-electron chi connectivity index (χ3n) is 6.01. The van der Waals surface area contributed by atoms with Crippen molar-refractivity contribution in [3.8, 4) is 0 Å². The molecule has 25 heavy (non-hydrogen) atoms. The molecule has 0 radical (unpaired) electrons. The first-order valence-electron chi connectivity index (χ1n) is 9.39. The lowest BCUT2D eigenvalue weighted by Gasteiger charge is -2.43. The normalized spacial score (nSPS) is 19.0. The fraction of sp³-hybridized carbons (Fsp3) is 0.684. The van der Waals surface area contributed by atoms with E-state index in [1.54, 1.807) is 12.1 Å². The summed E-state index contributed by atoms with van der Waals surface area (Å²) in [7, 11) is -3.08. The number of hydrogen-bond acceptors (Lipinski definition) is 4. The molecule has 2 rings (SSSR count). The molecule has 0 saturated carbocycles. The lowest BCUT2D eigenvalue weighted by molar-refractivity contribution is 0.0710. The van der Waals surface area contributed by atoms with Crippen LogP contribution in [0.1, 0.15) is 52.1 Å². The molecule has 1 aromatic rings. The van der Waals surface area contributed by atoms with Crippen molar-refractivity contribution in [3.63, 3.8) is 0 Å². The van der Waals surface area contributed by atoms with Crippen LogP contribution in [-0.2, 0) is 4.43 Å². The summed E-state index contributed by atoms with van der Waals surface area (Å²) < 4.78 is 6.58. The molecule has 1 fully saturated rings. The van der Waals surface area contributed by atoms with E-state index in [2.05, 4.69) is 45.7 Å². The van der Waals surface area contributed by atoms with Gasteiger partial charge in [0, 0.05) is 25.2 Å². The van der Waals surface area contributed by atoms with Crippen LogP contribution in [0.2, 0.25) is 18.1 Å². The van der Waals surface area contributed by atoms with Gasteiger partial charge >= 0.3 is 7.12 Å². The summed E-state index contributed by atoms with van der Waals surface area (Å²) in [5.41, 5.74) is 1.76. The zero-order valence-electron chi connectivity index (χ0n) is 16.6. The molecule has 0 spiro atoms. The highest BCUT2D eigenvalue weighted by atomic mass is 28.4. The van der Waals surface area contributed by atoms with E-state index < -0.39 is 15.4 Å². The van der Waals surface area contributed by atoms with Crippen molar-refractivity contribution in [2.45, 2.75) is 70.8 Å². The molecule has 1 aliphatic rings. The number of nitrogens with zero attached hydrogens (tertiary/aromatic N) is 1. The number of piperidine rings is 1. The third-order valence-corrected chi connectivity index (χ3v) is 10.5. The van der Waals surface area contributed by atoms with Gasteiger partial charge in [0.05, 0.1) is 0 Å². The third kappa shape index (κ3) is 5.17. The van der Waals surface area contributed by atoms with E-state index >= 15 is 0 Å². The van der Waals surface area contributed by atoms with Gasteiger partial charge < -0.3 is 14.5 Å². The van der Waals surface area contributed by atoms with Crippen molar-refractivity contribution in [3.05, 3.63) is 29.8 Å². The molecule has 2 N–H and O–H groups in total. The molecule has 1 aromatic carbocycles. The molecule has 1 aliphatic heterocycles. The highest BCUT2D eigenvalue weighted by Gasteiger charge is 2.39. The Bertz CT molecular complexity index is 549. The van der Waals surface area contributed by atoms with Crippen molar-refractivity contribution < 1.29 is 14.5 Å². The number of likely N-dealkylation sites (tertiary alicyclic amines) is 1. The van der Waals surface area contributed by atoms with Gasteiger partial charge in [-0.15, -0.1) is 0 Å². The molecule has 140 valence electrons. The summed E-state index contributed by atoms with van der Waals surface area (Å²) in [5.74, 6) is 0. The van der Waals surface area contributed by atoms with E-state index in [0.717, 1.165) is 25.9 Å². The fourth-order valence-corrected chi connectivity index (χ4v) is 4.55. The summed E-state index contributed by atoms with van der Waals surface area (Å²) >= 11 is 0. The number of hydrogen-bond donors (Lipinski definition) is 2. The van der Waals surface area contributed by atoms with E-state index in [4.69, 9.17) is 4.43 Å². The quantitative estimate of drug-likeness (QED) is 0.790. The van der Waals surface area contributed by atoms with Crippen molar-refractivity contribution in [1.82, 2.24) is 4.90 Å². The van der Waals surface area contributed by atoms with Crippen molar-refractivity contribution >= 4 is 20.9 Å². The molecule has 0 bridgehead atoms. The maximum atomic E-state index is 9.22. The Morgan fingerprint density at radius 3 is 2.08 bits per heavy atom. The Kier molecular flexibility index (Phi) is 6.55. The molecular formula is C19H34BNO3Si. The largest absolute Gasteiger partial charge is 0.488 e.